The summed E-state index contributed by atoms with van der Waals surface area (Å²) in [4.78, 5) is 0. The van der Waals surface area contributed by atoms with E-state index in [1.165, 1.54) is 0 Å². The van der Waals surface area contributed by atoms with E-state index in [4.69, 9.17) is 0 Å². The number of hydrogen-bond acceptors (Lipinski definition) is 2. The van der Waals surface area contributed by atoms with Gasteiger partial charge in [0.1, 0.15) is 5.25 Å². The van der Waals surface area contributed by atoms with Gasteiger partial charge in [0.2, 0.25) is 0 Å². The second kappa shape index (κ2) is 6.26. The maximum absolute atomic E-state index is 12.9. The molecule has 1 heterocycles. The van der Waals surface area contributed by atoms with Crippen molar-refractivity contribution in [2.75, 3.05) is 0 Å². The smallest absolute Gasteiger partial charge is 0.240 e. The third-order valence-corrected chi connectivity index (χ3v) is 3.63. The highest BCUT2D eigenvalue weighted by Crippen LogP contribution is 2.42. The van der Waals surface area contributed by atoms with Gasteiger partial charge in [-0.1, -0.05) is 6.07 Å². The molecule has 0 saturated carbocycles. The molecule has 0 saturated heterocycles. The van der Waals surface area contributed by atoms with Gasteiger partial charge in [-0.15, -0.1) is 0 Å². The van der Waals surface area contributed by atoms with E-state index < -0.39 is 40.8 Å². The van der Waals surface area contributed by atoms with E-state index in [9.17, 15) is 35.1 Å². The monoisotopic (exact) mass is 376 g/mol. The largest absolute Gasteiger partial charge is 0.435 e. The van der Waals surface area contributed by atoms with Crippen molar-refractivity contribution in [3.8, 4) is 5.69 Å². The lowest BCUT2D eigenvalue weighted by atomic mass is 10.0. The Morgan fingerprint density at radius 1 is 0.958 bits per heavy atom. The summed E-state index contributed by atoms with van der Waals surface area (Å²) in [6, 6.07) is 2.97. The Morgan fingerprint density at radius 2 is 1.58 bits per heavy atom. The van der Waals surface area contributed by atoms with Gasteiger partial charge in [-0.05, 0) is 23.8 Å². The molecule has 1 aromatic carbocycles. The minimum Gasteiger partial charge on any atom is -0.240 e. The van der Waals surface area contributed by atoms with Crippen LogP contribution in [0.25, 0.3) is 5.69 Å². The maximum Gasteiger partial charge on any atom is 0.435 e. The SMILES string of the molecule is FC(F)c1ccc(-n2ccc(C(F)(F)F)n2)cc1C(S)C(F)(F)F. The molecule has 0 bridgehead atoms. The summed E-state index contributed by atoms with van der Waals surface area (Å²) in [6.07, 6.45) is -12.0. The average molecular weight is 376 g/mol. The number of alkyl halides is 8. The lowest BCUT2D eigenvalue weighted by Crippen LogP contribution is -2.18. The van der Waals surface area contributed by atoms with Gasteiger partial charge in [-0.3, -0.25) is 0 Å². The standard InChI is InChI=1S/C13H8F8N2S/c14-11(15)7-2-1-6(5-8(7)10(24)13(19,20)21)23-4-3-9(22-23)12(16,17)18/h1-5,10-11,24H. The van der Waals surface area contributed by atoms with Crippen LogP contribution < -0.4 is 0 Å². The first-order chi connectivity index (χ1) is 10.9. The van der Waals surface area contributed by atoms with Crippen LogP contribution in [0.2, 0.25) is 0 Å². The fourth-order valence-electron chi connectivity index (χ4n) is 1.94. The highest BCUT2D eigenvalue weighted by atomic mass is 32.1. The zero-order chi connectivity index (χ0) is 18.3. The predicted molar refractivity (Wildman–Crippen MR) is 71.3 cm³/mol. The van der Waals surface area contributed by atoms with Crippen molar-refractivity contribution in [3.63, 3.8) is 0 Å². The van der Waals surface area contributed by atoms with Gasteiger partial charge < -0.3 is 0 Å². The Hall–Kier alpha value is -1.78. The zero-order valence-electron chi connectivity index (χ0n) is 11.4. The Labute approximate surface area is 135 Å². The zero-order valence-corrected chi connectivity index (χ0v) is 12.3. The number of benzene rings is 1. The van der Waals surface area contributed by atoms with E-state index in [0.29, 0.717) is 22.9 Å². The van der Waals surface area contributed by atoms with Crippen molar-refractivity contribution < 1.29 is 35.1 Å². The van der Waals surface area contributed by atoms with Crippen molar-refractivity contribution in [2.45, 2.75) is 24.0 Å². The van der Waals surface area contributed by atoms with Gasteiger partial charge in [0.15, 0.2) is 5.69 Å². The van der Waals surface area contributed by atoms with Crippen LogP contribution >= 0.6 is 12.6 Å². The quantitative estimate of drug-likeness (QED) is 0.564. The second-order valence-electron chi connectivity index (χ2n) is 4.70. The molecule has 0 aliphatic heterocycles. The number of nitrogens with zero attached hydrogens (tertiary/aromatic N) is 2. The minimum atomic E-state index is -4.91. The predicted octanol–water partition coefficient (Wildman–Crippen LogP) is 5.36. The van der Waals surface area contributed by atoms with Crippen LogP contribution in [0, 0.1) is 0 Å². The number of aromatic nitrogens is 2. The molecule has 2 rings (SSSR count). The lowest BCUT2D eigenvalue weighted by molar-refractivity contribution is -0.141. The number of halogens is 8. The molecule has 1 aromatic heterocycles. The molecule has 0 aliphatic carbocycles. The molecule has 0 spiro atoms. The van der Waals surface area contributed by atoms with Crippen LogP contribution in [0.1, 0.15) is 28.5 Å². The molecule has 0 radical (unpaired) electrons. The Balaban J connectivity index is 2.52. The molecule has 1 atom stereocenters. The summed E-state index contributed by atoms with van der Waals surface area (Å²) in [5.74, 6) is 0. The van der Waals surface area contributed by atoms with Crippen molar-refractivity contribution in [2.24, 2.45) is 0 Å². The first-order valence-corrected chi connectivity index (χ1v) is 6.73. The fourth-order valence-corrected chi connectivity index (χ4v) is 2.16. The van der Waals surface area contributed by atoms with E-state index >= 15 is 0 Å². The van der Waals surface area contributed by atoms with Crippen LogP contribution in [0.4, 0.5) is 35.1 Å². The van der Waals surface area contributed by atoms with Gasteiger partial charge in [-0.2, -0.15) is 44.1 Å². The van der Waals surface area contributed by atoms with E-state index in [-0.39, 0.29) is 5.69 Å². The summed E-state index contributed by atoms with van der Waals surface area (Å²) in [5.41, 5.74) is -3.24. The molecule has 0 aliphatic rings. The second-order valence-corrected chi connectivity index (χ2v) is 5.22. The van der Waals surface area contributed by atoms with E-state index in [2.05, 4.69) is 17.7 Å². The Kier molecular flexibility index (Phi) is 4.84. The van der Waals surface area contributed by atoms with E-state index in [0.717, 1.165) is 12.3 Å². The van der Waals surface area contributed by atoms with Gasteiger partial charge in [-0.25, -0.2) is 13.5 Å². The number of thiol groups is 1. The lowest BCUT2D eigenvalue weighted by Gasteiger charge is -2.19. The number of hydrogen-bond donors (Lipinski definition) is 1. The van der Waals surface area contributed by atoms with Gasteiger partial charge in [0.25, 0.3) is 6.43 Å². The van der Waals surface area contributed by atoms with Crippen LogP contribution in [0.3, 0.4) is 0 Å². The molecular weight excluding hydrogens is 368 g/mol. The Bertz CT molecular complexity index is 719. The van der Waals surface area contributed by atoms with Gasteiger partial charge >= 0.3 is 12.4 Å². The van der Waals surface area contributed by atoms with E-state index in [1.54, 1.807) is 0 Å². The third kappa shape index (κ3) is 3.82. The minimum absolute atomic E-state index is 0.229. The fraction of sp³-hybridized carbons (Fsp3) is 0.308. The van der Waals surface area contributed by atoms with E-state index in [1.807, 2.05) is 0 Å². The first kappa shape index (κ1) is 18.6. The number of rotatable bonds is 3. The molecular formula is C13H8F8N2S. The molecule has 132 valence electrons. The van der Waals surface area contributed by atoms with Crippen LogP contribution in [0.15, 0.2) is 30.5 Å². The average Bonchev–Trinajstić information content (AvgIpc) is 2.94. The maximum atomic E-state index is 12.9. The molecule has 2 aromatic rings. The van der Waals surface area contributed by atoms with Crippen molar-refractivity contribution in [1.82, 2.24) is 9.78 Å². The first-order valence-electron chi connectivity index (χ1n) is 6.21. The van der Waals surface area contributed by atoms with Crippen molar-refractivity contribution in [1.29, 1.82) is 0 Å². The highest BCUT2D eigenvalue weighted by molar-refractivity contribution is 7.80. The summed E-state index contributed by atoms with van der Waals surface area (Å²) in [5, 5.41) is 0.672. The van der Waals surface area contributed by atoms with Crippen LogP contribution in [-0.2, 0) is 6.18 Å². The summed E-state index contributed by atoms with van der Waals surface area (Å²) >= 11 is 3.31. The van der Waals surface area contributed by atoms with Crippen molar-refractivity contribution in [3.05, 3.63) is 47.3 Å². The normalized spacial score (nSPS) is 14.2. The van der Waals surface area contributed by atoms with Crippen LogP contribution in [-0.4, -0.2) is 16.0 Å². The van der Waals surface area contributed by atoms with Gasteiger partial charge in [0, 0.05) is 11.8 Å². The summed E-state index contributed by atoms with van der Waals surface area (Å²) in [7, 11) is 0. The molecule has 1 unspecified atom stereocenters. The topological polar surface area (TPSA) is 17.8 Å². The molecule has 24 heavy (non-hydrogen) atoms. The molecule has 2 nitrogen and oxygen atoms in total. The summed E-state index contributed by atoms with van der Waals surface area (Å²) < 4.78 is 102. The summed E-state index contributed by atoms with van der Waals surface area (Å²) in [6.45, 7) is 0. The van der Waals surface area contributed by atoms with Gasteiger partial charge in [0.05, 0.1) is 5.69 Å². The Morgan fingerprint density at radius 3 is 2.04 bits per heavy atom. The van der Waals surface area contributed by atoms with Crippen LogP contribution in [0.5, 0.6) is 0 Å². The highest BCUT2D eigenvalue weighted by Gasteiger charge is 2.40. The molecule has 11 heteroatoms. The molecule has 0 N–H and O–H groups in total. The molecule has 0 amide bonds. The van der Waals surface area contributed by atoms with Crippen molar-refractivity contribution >= 4 is 12.6 Å². The third-order valence-electron chi connectivity index (χ3n) is 3.05. The molecule has 0 fully saturated rings.